The van der Waals surface area contributed by atoms with E-state index in [9.17, 15) is 14.4 Å². The minimum Gasteiger partial charge on any atom is -0.494 e. The minimum absolute atomic E-state index is 0.124. The molecule has 212 valence electrons. The molecular weight excluding hydrogens is 519 g/mol. The van der Waals surface area contributed by atoms with Gasteiger partial charge in [-0.2, -0.15) is 5.26 Å². The number of methoxy groups -OCH3 is 1. The highest BCUT2D eigenvalue weighted by molar-refractivity contribution is 5.91. The second-order valence-corrected chi connectivity index (χ2v) is 11.4. The summed E-state index contributed by atoms with van der Waals surface area (Å²) in [6.07, 6.45) is 1.40. The van der Waals surface area contributed by atoms with E-state index in [-0.39, 0.29) is 17.9 Å². The number of anilines is 1. The fourth-order valence-corrected chi connectivity index (χ4v) is 5.40. The van der Waals surface area contributed by atoms with Gasteiger partial charge in [-0.15, -0.1) is 0 Å². The Morgan fingerprint density at radius 1 is 1.00 bits per heavy atom. The molecule has 41 heavy (non-hydrogen) atoms. The zero-order valence-electron chi connectivity index (χ0n) is 24.1. The highest BCUT2D eigenvalue weighted by Gasteiger charge is 2.29. The zero-order valence-corrected chi connectivity index (χ0v) is 24.1. The average Bonchev–Trinajstić information content (AvgIpc) is 3.35. The maximum Gasteiger partial charge on any atom is 0.410 e. The Morgan fingerprint density at radius 2 is 1.68 bits per heavy atom. The van der Waals surface area contributed by atoms with Gasteiger partial charge >= 0.3 is 6.09 Å². The Bertz CT molecular complexity index is 1610. The molecule has 1 fully saturated rings. The molecule has 1 aromatic heterocycles. The molecule has 0 saturated carbocycles. The van der Waals surface area contributed by atoms with Gasteiger partial charge in [-0.3, -0.25) is 0 Å². The van der Waals surface area contributed by atoms with E-state index in [4.69, 9.17) is 9.47 Å². The molecule has 1 aliphatic rings. The number of hydrogen-bond donors (Lipinski definition) is 0. The van der Waals surface area contributed by atoms with Gasteiger partial charge in [0.1, 0.15) is 5.60 Å². The van der Waals surface area contributed by atoms with Gasteiger partial charge in [0.15, 0.2) is 11.6 Å². The first-order valence-electron chi connectivity index (χ1n) is 13.8. The van der Waals surface area contributed by atoms with Gasteiger partial charge in [0.05, 0.1) is 30.0 Å². The van der Waals surface area contributed by atoms with Crippen LogP contribution in [0.25, 0.3) is 27.8 Å². The lowest BCUT2D eigenvalue weighted by Crippen LogP contribution is -2.47. The van der Waals surface area contributed by atoms with Crippen molar-refractivity contribution in [2.75, 3.05) is 32.1 Å². The second-order valence-electron chi connectivity index (χ2n) is 11.4. The van der Waals surface area contributed by atoms with Gasteiger partial charge in [0.25, 0.3) is 0 Å². The summed E-state index contributed by atoms with van der Waals surface area (Å²) in [5, 5.41) is 10.3. The number of carbonyl (C=O) groups excluding carboxylic acids is 1. The predicted octanol–water partition coefficient (Wildman–Crippen LogP) is 7.15. The summed E-state index contributed by atoms with van der Waals surface area (Å²) in [7, 11) is 3.27. The van der Waals surface area contributed by atoms with E-state index in [2.05, 4.69) is 39.8 Å². The van der Waals surface area contributed by atoms with Crippen LogP contribution in [0.1, 0.15) is 39.2 Å². The molecule has 0 atom stereocenters. The van der Waals surface area contributed by atoms with Crippen molar-refractivity contribution < 1.29 is 18.7 Å². The zero-order chi connectivity index (χ0) is 29.3. The number of nitrogens with zero attached hydrogens (tertiary/aromatic N) is 4. The van der Waals surface area contributed by atoms with Crippen LogP contribution in [0.5, 0.6) is 5.75 Å². The summed E-state index contributed by atoms with van der Waals surface area (Å²) in [6, 6.07) is 23.1. The molecule has 4 aromatic rings. The van der Waals surface area contributed by atoms with E-state index in [1.165, 1.54) is 13.2 Å². The molecule has 1 amide bonds. The number of piperidine rings is 1. The molecule has 0 spiro atoms. The smallest absolute Gasteiger partial charge is 0.410 e. The van der Waals surface area contributed by atoms with Crippen molar-refractivity contribution in [2.45, 2.75) is 45.3 Å². The van der Waals surface area contributed by atoms with Crippen molar-refractivity contribution in [1.29, 1.82) is 5.26 Å². The third kappa shape index (κ3) is 5.85. The topological polar surface area (TPSA) is 70.7 Å². The Morgan fingerprint density at radius 3 is 2.29 bits per heavy atom. The highest BCUT2D eigenvalue weighted by atomic mass is 19.1. The van der Waals surface area contributed by atoms with E-state index in [1.807, 2.05) is 46.0 Å². The normalized spacial score (nSPS) is 14.1. The van der Waals surface area contributed by atoms with E-state index >= 15 is 0 Å². The van der Waals surface area contributed by atoms with Crippen LogP contribution in [0.3, 0.4) is 0 Å². The fourth-order valence-electron chi connectivity index (χ4n) is 5.40. The van der Waals surface area contributed by atoms with Crippen LogP contribution in [0.4, 0.5) is 14.9 Å². The third-order valence-corrected chi connectivity index (χ3v) is 7.55. The van der Waals surface area contributed by atoms with Crippen molar-refractivity contribution in [3.8, 4) is 28.8 Å². The SMILES string of the molecule is COc1ccc(-c2cc3cc(N4CCC(N(C)C(=O)OC(C)(C)C)CC4)ccc3n2-c2ccc(C#N)cc2)cc1F. The highest BCUT2D eigenvalue weighted by Crippen LogP contribution is 2.36. The van der Waals surface area contributed by atoms with E-state index in [1.54, 1.807) is 23.1 Å². The number of nitriles is 1. The summed E-state index contributed by atoms with van der Waals surface area (Å²) in [5.41, 5.74) is 4.56. The molecule has 1 saturated heterocycles. The Balaban J connectivity index is 1.45. The molecule has 3 aromatic carbocycles. The lowest BCUT2D eigenvalue weighted by Gasteiger charge is -2.38. The van der Waals surface area contributed by atoms with Crippen LogP contribution < -0.4 is 9.64 Å². The predicted molar refractivity (Wildman–Crippen MR) is 159 cm³/mol. The lowest BCUT2D eigenvalue weighted by molar-refractivity contribution is 0.0201. The van der Waals surface area contributed by atoms with Gasteiger partial charge < -0.3 is 23.8 Å². The molecule has 2 heterocycles. The van der Waals surface area contributed by atoms with Crippen molar-refractivity contribution in [2.24, 2.45) is 0 Å². The first kappa shape index (κ1) is 28.0. The Hall–Kier alpha value is -4.51. The Kier molecular flexibility index (Phi) is 7.63. The number of halogens is 1. The second kappa shape index (κ2) is 11.2. The minimum atomic E-state index is -0.522. The van der Waals surface area contributed by atoms with E-state index in [0.717, 1.165) is 59.5 Å². The summed E-state index contributed by atoms with van der Waals surface area (Å²) in [6.45, 7) is 7.26. The molecule has 5 rings (SSSR count). The summed E-state index contributed by atoms with van der Waals surface area (Å²) in [4.78, 5) is 16.6. The summed E-state index contributed by atoms with van der Waals surface area (Å²) >= 11 is 0. The lowest BCUT2D eigenvalue weighted by atomic mass is 10.0. The van der Waals surface area contributed by atoms with E-state index in [0.29, 0.717) is 5.56 Å². The maximum absolute atomic E-state index is 14.7. The van der Waals surface area contributed by atoms with Crippen molar-refractivity contribution in [1.82, 2.24) is 9.47 Å². The number of rotatable bonds is 5. The van der Waals surface area contributed by atoms with Gasteiger partial charge in [-0.05, 0) is 100 Å². The van der Waals surface area contributed by atoms with Crippen molar-refractivity contribution >= 4 is 22.7 Å². The third-order valence-electron chi connectivity index (χ3n) is 7.55. The van der Waals surface area contributed by atoms with Gasteiger partial charge in [0.2, 0.25) is 0 Å². The first-order valence-corrected chi connectivity index (χ1v) is 13.8. The van der Waals surface area contributed by atoms with E-state index < -0.39 is 11.4 Å². The molecule has 7 nitrogen and oxygen atoms in total. The molecule has 8 heteroatoms. The standard InChI is InChI=1S/C33H35FN4O3/c1-33(2,3)41-32(39)36(4)25-14-16-37(17-15-25)27-11-12-29-24(18-27)20-30(23-8-13-31(40-5)28(34)19-23)38(29)26-9-6-22(21-35)7-10-26/h6-13,18-20,25H,14-17H2,1-5H3. The average molecular weight is 555 g/mol. The van der Waals surface area contributed by atoms with Crippen LogP contribution in [0, 0.1) is 17.1 Å². The molecule has 0 unspecified atom stereocenters. The van der Waals surface area contributed by atoms with Gasteiger partial charge in [-0.1, -0.05) is 0 Å². The largest absolute Gasteiger partial charge is 0.494 e. The summed E-state index contributed by atoms with van der Waals surface area (Å²) in [5.74, 6) is -0.237. The molecule has 0 bridgehead atoms. The molecular formula is C33H35FN4O3. The summed E-state index contributed by atoms with van der Waals surface area (Å²) < 4.78 is 27.5. The number of amides is 1. The molecule has 0 N–H and O–H groups in total. The molecule has 1 aliphatic heterocycles. The molecule has 0 aliphatic carbocycles. The number of hydrogen-bond acceptors (Lipinski definition) is 5. The quantitative estimate of drug-likeness (QED) is 0.262. The van der Waals surface area contributed by atoms with Crippen LogP contribution in [0.15, 0.2) is 66.7 Å². The van der Waals surface area contributed by atoms with Crippen molar-refractivity contribution in [3.05, 3.63) is 78.1 Å². The van der Waals surface area contributed by atoms with Crippen LogP contribution >= 0.6 is 0 Å². The van der Waals surface area contributed by atoms with Crippen LogP contribution in [-0.2, 0) is 4.74 Å². The number of fused-ring (bicyclic) bond motifs is 1. The monoisotopic (exact) mass is 554 g/mol. The van der Waals surface area contributed by atoms with Crippen LogP contribution in [-0.4, -0.2) is 54.5 Å². The fraction of sp³-hybridized carbons (Fsp3) is 0.333. The molecule has 0 radical (unpaired) electrons. The number of ether oxygens (including phenoxy) is 2. The Labute approximate surface area is 240 Å². The van der Waals surface area contributed by atoms with Gasteiger partial charge in [-0.25, -0.2) is 9.18 Å². The van der Waals surface area contributed by atoms with Crippen LogP contribution in [0.2, 0.25) is 0 Å². The first-order chi connectivity index (χ1) is 19.6. The van der Waals surface area contributed by atoms with Crippen molar-refractivity contribution in [3.63, 3.8) is 0 Å². The van der Waals surface area contributed by atoms with Gasteiger partial charge in [0, 0.05) is 48.5 Å². The number of aromatic nitrogens is 1. The number of benzene rings is 3. The maximum atomic E-state index is 14.7. The number of carbonyl (C=O) groups is 1.